The van der Waals surface area contributed by atoms with Gasteiger partial charge in [0.25, 0.3) is 0 Å². The number of carbonyl (C=O) groups excluding carboxylic acids is 1. The zero-order valence-electron chi connectivity index (χ0n) is 11.5. The molecule has 0 bridgehead atoms. The summed E-state index contributed by atoms with van der Waals surface area (Å²) < 4.78 is 0. The highest BCUT2D eigenvalue weighted by Crippen LogP contribution is 2.27. The van der Waals surface area contributed by atoms with E-state index >= 15 is 0 Å². The molecular formula is C14H27N3O. The predicted molar refractivity (Wildman–Crippen MR) is 73.2 cm³/mol. The lowest BCUT2D eigenvalue weighted by Crippen LogP contribution is -2.45. The molecule has 2 fully saturated rings. The van der Waals surface area contributed by atoms with Crippen LogP contribution in [0.2, 0.25) is 0 Å². The van der Waals surface area contributed by atoms with Crippen LogP contribution in [-0.2, 0) is 4.79 Å². The molecule has 1 unspecified atom stereocenters. The highest BCUT2D eigenvalue weighted by molar-refractivity contribution is 5.79. The minimum atomic E-state index is -0.193. The maximum absolute atomic E-state index is 11.4. The highest BCUT2D eigenvalue weighted by Gasteiger charge is 2.27. The molecule has 4 heteroatoms. The van der Waals surface area contributed by atoms with Gasteiger partial charge in [-0.25, -0.2) is 0 Å². The normalized spacial score (nSPS) is 21.9. The first kappa shape index (κ1) is 13.8. The van der Waals surface area contributed by atoms with Gasteiger partial charge in [0.2, 0.25) is 5.91 Å². The molecule has 0 spiro atoms. The molecule has 1 amide bonds. The molecule has 4 nitrogen and oxygen atoms in total. The molecule has 1 atom stereocenters. The zero-order valence-corrected chi connectivity index (χ0v) is 11.5. The SMILES string of the molecule is CCN(CCC(NC1CC1)C(N)=O)CC1CCC1. The standard InChI is InChI=1S/C14H27N3O/c1-2-17(10-11-4-3-5-11)9-8-13(14(15)18)16-12-6-7-12/h11-13,16H,2-10H2,1H3,(H2,15,18). The van der Waals surface area contributed by atoms with Gasteiger partial charge >= 0.3 is 0 Å². The van der Waals surface area contributed by atoms with Crippen LogP contribution in [0.5, 0.6) is 0 Å². The second-order valence-corrected chi connectivity index (χ2v) is 5.87. The van der Waals surface area contributed by atoms with Crippen LogP contribution in [0.25, 0.3) is 0 Å². The van der Waals surface area contributed by atoms with E-state index in [1.54, 1.807) is 0 Å². The first-order valence-electron chi connectivity index (χ1n) is 7.46. The van der Waals surface area contributed by atoms with Gasteiger partial charge in [0.15, 0.2) is 0 Å². The molecule has 3 N–H and O–H groups in total. The lowest BCUT2D eigenvalue weighted by Gasteiger charge is -2.32. The number of hydrogen-bond acceptors (Lipinski definition) is 3. The van der Waals surface area contributed by atoms with Crippen molar-refractivity contribution >= 4 is 5.91 Å². The third-order valence-corrected chi connectivity index (χ3v) is 4.28. The predicted octanol–water partition coefficient (Wildman–Crippen LogP) is 1.10. The molecule has 2 aliphatic rings. The van der Waals surface area contributed by atoms with Crippen molar-refractivity contribution in [1.29, 1.82) is 0 Å². The van der Waals surface area contributed by atoms with Gasteiger partial charge in [-0.2, -0.15) is 0 Å². The number of nitrogens with one attached hydrogen (secondary N) is 1. The van der Waals surface area contributed by atoms with E-state index < -0.39 is 0 Å². The molecule has 2 rings (SSSR count). The van der Waals surface area contributed by atoms with Gasteiger partial charge in [0.1, 0.15) is 0 Å². The van der Waals surface area contributed by atoms with Crippen LogP contribution in [0.4, 0.5) is 0 Å². The van der Waals surface area contributed by atoms with Gasteiger partial charge in [0.05, 0.1) is 6.04 Å². The Morgan fingerprint density at radius 1 is 1.39 bits per heavy atom. The van der Waals surface area contributed by atoms with E-state index in [2.05, 4.69) is 17.1 Å². The molecular weight excluding hydrogens is 226 g/mol. The highest BCUT2D eigenvalue weighted by atomic mass is 16.1. The molecule has 0 aliphatic heterocycles. The van der Waals surface area contributed by atoms with Crippen LogP contribution in [0.3, 0.4) is 0 Å². The Kier molecular flexibility index (Phi) is 5.01. The Morgan fingerprint density at radius 2 is 2.11 bits per heavy atom. The second-order valence-electron chi connectivity index (χ2n) is 5.87. The van der Waals surface area contributed by atoms with Crippen LogP contribution in [0, 0.1) is 5.92 Å². The number of hydrogen-bond donors (Lipinski definition) is 2. The van der Waals surface area contributed by atoms with Crippen molar-refractivity contribution in [2.24, 2.45) is 11.7 Å². The molecule has 0 saturated heterocycles. The minimum Gasteiger partial charge on any atom is -0.368 e. The largest absolute Gasteiger partial charge is 0.368 e. The van der Waals surface area contributed by atoms with Crippen LogP contribution in [-0.4, -0.2) is 42.5 Å². The van der Waals surface area contributed by atoms with E-state index in [-0.39, 0.29) is 11.9 Å². The van der Waals surface area contributed by atoms with Crippen molar-refractivity contribution < 1.29 is 4.79 Å². The molecule has 2 aliphatic carbocycles. The third-order valence-electron chi connectivity index (χ3n) is 4.28. The summed E-state index contributed by atoms with van der Waals surface area (Å²) in [7, 11) is 0. The average molecular weight is 253 g/mol. The number of carbonyl (C=O) groups is 1. The van der Waals surface area contributed by atoms with Crippen molar-refractivity contribution in [3.8, 4) is 0 Å². The van der Waals surface area contributed by atoms with Crippen LogP contribution in [0.15, 0.2) is 0 Å². The van der Waals surface area contributed by atoms with Crippen molar-refractivity contribution in [2.45, 2.75) is 57.5 Å². The molecule has 18 heavy (non-hydrogen) atoms. The smallest absolute Gasteiger partial charge is 0.234 e. The Labute approximate surface area is 110 Å². The first-order valence-corrected chi connectivity index (χ1v) is 7.46. The molecule has 2 saturated carbocycles. The van der Waals surface area contributed by atoms with Crippen molar-refractivity contribution in [3.63, 3.8) is 0 Å². The maximum Gasteiger partial charge on any atom is 0.234 e. The van der Waals surface area contributed by atoms with Gasteiger partial charge in [0, 0.05) is 19.1 Å². The maximum atomic E-state index is 11.4. The number of rotatable bonds is 9. The van der Waals surface area contributed by atoms with Gasteiger partial charge in [-0.1, -0.05) is 13.3 Å². The fourth-order valence-corrected chi connectivity index (χ4v) is 2.57. The number of nitrogens with two attached hydrogens (primary N) is 1. The fourth-order valence-electron chi connectivity index (χ4n) is 2.57. The van der Waals surface area contributed by atoms with E-state index in [0.717, 1.165) is 25.4 Å². The summed E-state index contributed by atoms with van der Waals surface area (Å²) in [6, 6.07) is 0.414. The summed E-state index contributed by atoms with van der Waals surface area (Å²) in [4.78, 5) is 13.9. The quantitative estimate of drug-likeness (QED) is 0.647. The monoisotopic (exact) mass is 253 g/mol. The average Bonchev–Trinajstić information content (AvgIpc) is 3.08. The second kappa shape index (κ2) is 6.53. The van der Waals surface area contributed by atoms with Gasteiger partial charge in [-0.05, 0) is 44.6 Å². The molecule has 0 radical (unpaired) electrons. The lowest BCUT2D eigenvalue weighted by atomic mass is 9.85. The summed E-state index contributed by atoms with van der Waals surface area (Å²) in [6.07, 6.45) is 7.42. The summed E-state index contributed by atoms with van der Waals surface area (Å²) in [5, 5.41) is 3.35. The number of primary amides is 1. The summed E-state index contributed by atoms with van der Waals surface area (Å²) in [5.41, 5.74) is 5.46. The van der Waals surface area contributed by atoms with Crippen molar-refractivity contribution in [2.75, 3.05) is 19.6 Å². The summed E-state index contributed by atoms with van der Waals surface area (Å²) in [6.45, 7) is 5.46. The molecule has 0 aromatic heterocycles. The van der Waals surface area contributed by atoms with E-state index in [1.165, 1.54) is 38.6 Å². The van der Waals surface area contributed by atoms with E-state index in [9.17, 15) is 4.79 Å². The Hall–Kier alpha value is -0.610. The van der Waals surface area contributed by atoms with Crippen molar-refractivity contribution in [1.82, 2.24) is 10.2 Å². The molecule has 0 heterocycles. The topological polar surface area (TPSA) is 58.4 Å². The van der Waals surface area contributed by atoms with E-state index in [1.807, 2.05) is 0 Å². The Bertz CT molecular complexity index is 274. The third kappa shape index (κ3) is 4.25. The van der Waals surface area contributed by atoms with Gasteiger partial charge < -0.3 is 16.0 Å². The van der Waals surface area contributed by atoms with Gasteiger partial charge in [-0.3, -0.25) is 4.79 Å². The lowest BCUT2D eigenvalue weighted by molar-refractivity contribution is -0.120. The molecule has 0 aromatic rings. The zero-order chi connectivity index (χ0) is 13.0. The van der Waals surface area contributed by atoms with E-state index in [4.69, 9.17) is 5.73 Å². The summed E-state index contributed by atoms with van der Waals surface area (Å²) in [5.74, 6) is 0.704. The Morgan fingerprint density at radius 3 is 2.56 bits per heavy atom. The van der Waals surface area contributed by atoms with Crippen LogP contribution < -0.4 is 11.1 Å². The fraction of sp³-hybridized carbons (Fsp3) is 0.929. The van der Waals surface area contributed by atoms with E-state index in [0.29, 0.717) is 6.04 Å². The first-order chi connectivity index (χ1) is 8.69. The minimum absolute atomic E-state index is 0.132. The molecule has 104 valence electrons. The number of nitrogens with zero attached hydrogens (tertiary/aromatic N) is 1. The van der Waals surface area contributed by atoms with Crippen LogP contribution >= 0.6 is 0 Å². The van der Waals surface area contributed by atoms with Gasteiger partial charge in [-0.15, -0.1) is 0 Å². The Balaban J connectivity index is 1.69. The number of amides is 1. The van der Waals surface area contributed by atoms with Crippen LogP contribution in [0.1, 0.15) is 45.4 Å². The molecule has 0 aromatic carbocycles. The van der Waals surface area contributed by atoms with Crippen molar-refractivity contribution in [3.05, 3.63) is 0 Å². The summed E-state index contributed by atoms with van der Waals surface area (Å²) >= 11 is 0.